The zero-order chi connectivity index (χ0) is 19.2. The first-order valence-electron chi connectivity index (χ1n) is 8.66. The Hall–Kier alpha value is -1.74. The Balaban J connectivity index is 1.64. The van der Waals surface area contributed by atoms with E-state index in [1.54, 1.807) is 23.1 Å². The lowest BCUT2D eigenvalue weighted by molar-refractivity contribution is -0.158. The first kappa shape index (κ1) is 18.6. The van der Waals surface area contributed by atoms with E-state index in [9.17, 15) is 18.3 Å². The van der Waals surface area contributed by atoms with Crippen LogP contribution >= 0.6 is 15.9 Å². The van der Waals surface area contributed by atoms with Crippen LogP contribution in [0.25, 0.3) is 0 Å². The van der Waals surface area contributed by atoms with Gasteiger partial charge < -0.3 is 10.0 Å². The zero-order valence-electron chi connectivity index (χ0n) is 14.4. The van der Waals surface area contributed by atoms with Crippen LogP contribution in [0.3, 0.4) is 0 Å². The van der Waals surface area contributed by atoms with Crippen molar-refractivity contribution in [1.29, 1.82) is 0 Å². The van der Waals surface area contributed by atoms with Gasteiger partial charge in [0.1, 0.15) is 0 Å². The maximum absolute atomic E-state index is 12.9. The largest absolute Gasteiger partial charge is 0.394 e. The van der Waals surface area contributed by atoms with E-state index in [-0.39, 0.29) is 48.5 Å². The van der Waals surface area contributed by atoms with E-state index in [1.807, 2.05) is 24.3 Å². The lowest BCUT2D eigenvalue weighted by atomic mass is 9.74. The Labute approximate surface area is 166 Å². The van der Waals surface area contributed by atoms with Crippen molar-refractivity contribution in [3.8, 4) is 0 Å². The SMILES string of the molecule is O=C1CN(S(=O)(=O)c2ccccc2)C[C@@H]2[C@H](c3ccc(Br)cc3)[C@H](CO)N12. The molecule has 0 bridgehead atoms. The van der Waals surface area contributed by atoms with Crippen LogP contribution < -0.4 is 0 Å². The van der Waals surface area contributed by atoms with E-state index in [2.05, 4.69) is 15.9 Å². The molecular weight excluding hydrogens is 432 g/mol. The molecule has 8 heteroatoms. The predicted molar refractivity (Wildman–Crippen MR) is 104 cm³/mol. The molecule has 2 aliphatic heterocycles. The van der Waals surface area contributed by atoms with Crippen LogP contribution in [-0.4, -0.2) is 60.4 Å². The molecule has 4 rings (SSSR count). The summed E-state index contributed by atoms with van der Waals surface area (Å²) < 4.78 is 28.1. The Morgan fingerprint density at radius 3 is 2.37 bits per heavy atom. The first-order chi connectivity index (χ1) is 12.9. The number of rotatable bonds is 4. The van der Waals surface area contributed by atoms with Crippen molar-refractivity contribution < 1.29 is 18.3 Å². The molecule has 0 aromatic heterocycles. The lowest BCUT2D eigenvalue weighted by Crippen LogP contribution is -2.73. The highest BCUT2D eigenvalue weighted by Gasteiger charge is 2.55. The minimum absolute atomic E-state index is 0.0965. The van der Waals surface area contributed by atoms with E-state index < -0.39 is 10.0 Å². The van der Waals surface area contributed by atoms with Gasteiger partial charge in [-0.3, -0.25) is 4.79 Å². The number of carbonyl (C=O) groups is 1. The molecule has 2 heterocycles. The number of aliphatic hydroxyl groups is 1. The van der Waals surface area contributed by atoms with Crippen molar-refractivity contribution in [3.63, 3.8) is 0 Å². The number of benzene rings is 2. The summed E-state index contributed by atoms with van der Waals surface area (Å²) in [4.78, 5) is 14.5. The van der Waals surface area contributed by atoms with Gasteiger partial charge in [-0.1, -0.05) is 46.3 Å². The number of piperazine rings is 1. The molecule has 0 radical (unpaired) electrons. The monoisotopic (exact) mass is 450 g/mol. The van der Waals surface area contributed by atoms with Gasteiger partial charge >= 0.3 is 0 Å². The smallest absolute Gasteiger partial charge is 0.243 e. The van der Waals surface area contributed by atoms with Gasteiger partial charge in [0, 0.05) is 16.9 Å². The molecule has 2 aromatic rings. The summed E-state index contributed by atoms with van der Waals surface area (Å²) in [6.45, 7) is -0.119. The van der Waals surface area contributed by atoms with Crippen molar-refractivity contribution in [3.05, 3.63) is 64.6 Å². The third-order valence-electron chi connectivity index (χ3n) is 5.36. The quantitative estimate of drug-likeness (QED) is 0.770. The predicted octanol–water partition coefficient (Wildman–Crippen LogP) is 1.81. The first-order valence-corrected chi connectivity index (χ1v) is 10.9. The van der Waals surface area contributed by atoms with Crippen molar-refractivity contribution in [2.45, 2.75) is 22.9 Å². The van der Waals surface area contributed by atoms with Crippen LogP contribution in [0.5, 0.6) is 0 Å². The molecule has 2 fully saturated rings. The van der Waals surface area contributed by atoms with Crippen LogP contribution in [0.15, 0.2) is 64.0 Å². The third-order valence-corrected chi connectivity index (χ3v) is 7.71. The Morgan fingerprint density at radius 2 is 1.74 bits per heavy atom. The molecule has 0 aliphatic carbocycles. The van der Waals surface area contributed by atoms with Gasteiger partial charge in [-0.15, -0.1) is 0 Å². The van der Waals surface area contributed by atoms with E-state index in [0.29, 0.717) is 0 Å². The van der Waals surface area contributed by atoms with E-state index in [4.69, 9.17) is 0 Å². The standard InChI is InChI=1S/C19H19BrN2O4S/c20-14-8-6-13(7-9-14)19-16-10-21(11-18(24)22(16)17(19)12-23)27(25,26)15-4-2-1-3-5-15/h1-9,16-17,19,23H,10-12H2/t16-,17+,19+/m1/s1. The van der Waals surface area contributed by atoms with Crippen LogP contribution in [0.1, 0.15) is 11.5 Å². The molecule has 142 valence electrons. The van der Waals surface area contributed by atoms with Crippen LogP contribution in [0.4, 0.5) is 0 Å². The van der Waals surface area contributed by atoms with Crippen molar-refractivity contribution in [1.82, 2.24) is 9.21 Å². The van der Waals surface area contributed by atoms with Gasteiger partial charge in [-0.05, 0) is 29.8 Å². The average molecular weight is 451 g/mol. The minimum atomic E-state index is -3.74. The maximum Gasteiger partial charge on any atom is 0.243 e. The molecule has 0 spiro atoms. The van der Waals surface area contributed by atoms with Gasteiger partial charge in [0.2, 0.25) is 15.9 Å². The van der Waals surface area contributed by atoms with Gasteiger partial charge in [-0.2, -0.15) is 4.31 Å². The molecule has 3 atom stereocenters. The summed E-state index contributed by atoms with van der Waals surface area (Å²) in [6, 6.07) is 15.3. The fourth-order valence-electron chi connectivity index (χ4n) is 4.08. The highest BCUT2D eigenvalue weighted by Crippen LogP contribution is 2.43. The normalized spacial score (nSPS) is 25.8. The van der Waals surface area contributed by atoms with Crippen LogP contribution in [0.2, 0.25) is 0 Å². The summed E-state index contributed by atoms with van der Waals surface area (Å²) in [5.74, 6) is -0.362. The number of halogens is 1. The summed E-state index contributed by atoms with van der Waals surface area (Å²) in [5, 5.41) is 9.80. The highest BCUT2D eigenvalue weighted by molar-refractivity contribution is 9.10. The van der Waals surface area contributed by atoms with Crippen LogP contribution in [-0.2, 0) is 14.8 Å². The zero-order valence-corrected chi connectivity index (χ0v) is 16.8. The molecule has 2 saturated heterocycles. The molecular formula is C19H19BrN2O4S. The van der Waals surface area contributed by atoms with Gasteiger partial charge in [0.25, 0.3) is 0 Å². The summed E-state index contributed by atoms with van der Waals surface area (Å²) in [6.07, 6.45) is 0. The Bertz CT molecular complexity index is 949. The van der Waals surface area contributed by atoms with E-state index in [1.165, 1.54) is 16.4 Å². The van der Waals surface area contributed by atoms with Gasteiger partial charge in [0.05, 0.1) is 30.1 Å². The Morgan fingerprint density at radius 1 is 1.07 bits per heavy atom. The topological polar surface area (TPSA) is 77.9 Å². The number of carbonyl (C=O) groups excluding carboxylic acids is 1. The molecule has 0 unspecified atom stereocenters. The molecule has 6 nitrogen and oxygen atoms in total. The van der Waals surface area contributed by atoms with Crippen molar-refractivity contribution in [2.24, 2.45) is 0 Å². The molecule has 27 heavy (non-hydrogen) atoms. The van der Waals surface area contributed by atoms with Gasteiger partial charge in [0.15, 0.2) is 0 Å². The lowest BCUT2D eigenvalue weighted by Gasteiger charge is -2.58. The fraction of sp³-hybridized carbons (Fsp3) is 0.316. The second kappa shape index (κ2) is 7.01. The summed E-state index contributed by atoms with van der Waals surface area (Å²) >= 11 is 3.41. The number of hydrogen-bond donors (Lipinski definition) is 1. The number of amides is 1. The fourth-order valence-corrected chi connectivity index (χ4v) is 5.77. The molecule has 1 N–H and O–H groups in total. The van der Waals surface area contributed by atoms with E-state index in [0.717, 1.165) is 10.0 Å². The summed E-state index contributed by atoms with van der Waals surface area (Å²) in [5.41, 5.74) is 0.991. The maximum atomic E-state index is 12.9. The van der Waals surface area contributed by atoms with Crippen molar-refractivity contribution in [2.75, 3.05) is 19.7 Å². The number of hydrogen-bond acceptors (Lipinski definition) is 4. The van der Waals surface area contributed by atoms with Gasteiger partial charge in [-0.25, -0.2) is 8.42 Å². The van der Waals surface area contributed by atoms with Crippen LogP contribution in [0, 0.1) is 0 Å². The second-order valence-electron chi connectivity index (χ2n) is 6.81. The number of nitrogens with zero attached hydrogens (tertiary/aromatic N) is 2. The molecule has 0 saturated carbocycles. The highest BCUT2D eigenvalue weighted by atomic mass is 79.9. The average Bonchev–Trinajstić information content (AvgIpc) is 2.65. The third kappa shape index (κ3) is 3.10. The molecule has 2 aliphatic rings. The van der Waals surface area contributed by atoms with Crippen molar-refractivity contribution >= 4 is 31.9 Å². The molecule has 2 aromatic carbocycles. The second-order valence-corrected chi connectivity index (χ2v) is 9.66. The summed E-state index contributed by atoms with van der Waals surface area (Å²) in [7, 11) is -3.74. The molecule has 1 amide bonds. The number of sulfonamides is 1. The number of fused-ring (bicyclic) bond motifs is 1. The Kier molecular flexibility index (Phi) is 4.84. The van der Waals surface area contributed by atoms with E-state index >= 15 is 0 Å². The number of aliphatic hydroxyl groups excluding tert-OH is 1. The minimum Gasteiger partial charge on any atom is -0.394 e.